The fourth-order valence-electron chi connectivity index (χ4n) is 2.16. The zero-order valence-electron chi connectivity index (χ0n) is 12.7. The Labute approximate surface area is 139 Å². The molecule has 120 valence electrons. The Kier molecular flexibility index (Phi) is 5.97. The van der Waals surface area contributed by atoms with Crippen molar-refractivity contribution in [2.24, 2.45) is 0 Å². The highest BCUT2D eigenvalue weighted by Gasteiger charge is 2.17. The van der Waals surface area contributed by atoms with Crippen molar-refractivity contribution in [2.75, 3.05) is 34.8 Å². The molecule has 7 heteroatoms. The Hall–Kier alpha value is -1.40. The van der Waals surface area contributed by atoms with Crippen LogP contribution in [0.1, 0.15) is 13.8 Å². The number of nitrogens with zero attached hydrogens (tertiary/aromatic N) is 1. The maximum atomic E-state index is 11.8. The van der Waals surface area contributed by atoms with E-state index < -0.39 is 11.8 Å². The monoisotopic (exact) mass is 341 g/mol. The number of benzene rings is 1. The molecule has 0 atom stereocenters. The number of amides is 2. The molecule has 0 radical (unpaired) electrons. The fourth-order valence-corrected chi connectivity index (χ4v) is 3.36. The molecule has 0 aromatic heterocycles. The molecule has 1 aromatic carbocycles. The first-order valence-electron chi connectivity index (χ1n) is 7.21. The van der Waals surface area contributed by atoms with Crippen LogP contribution >= 0.6 is 23.4 Å². The van der Waals surface area contributed by atoms with Gasteiger partial charge in [-0.2, -0.15) is 11.8 Å². The van der Waals surface area contributed by atoms with Gasteiger partial charge in [0.1, 0.15) is 0 Å². The third-order valence-corrected chi connectivity index (χ3v) is 4.43. The molecule has 0 bridgehead atoms. The number of halogens is 1. The third-order valence-electron chi connectivity index (χ3n) is 3.18. The van der Waals surface area contributed by atoms with Gasteiger partial charge in [0.15, 0.2) is 0 Å². The minimum absolute atomic E-state index is 0.0822. The van der Waals surface area contributed by atoms with Crippen LogP contribution in [0.5, 0.6) is 0 Å². The summed E-state index contributed by atoms with van der Waals surface area (Å²) in [6.07, 6.45) is 0. The van der Waals surface area contributed by atoms with Gasteiger partial charge in [0.05, 0.1) is 10.7 Å². The molecule has 0 spiro atoms. The zero-order chi connectivity index (χ0) is 16.1. The van der Waals surface area contributed by atoms with Crippen LogP contribution in [0.3, 0.4) is 0 Å². The summed E-state index contributed by atoms with van der Waals surface area (Å²) in [6, 6.07) is 5.25. The molecule has 0 unspecified atom stereocenters. The Morgan fingerprint density at radius 3 is 2.50 bits per heavy atom. The van der Waals surface area contributed by atoms with Crippen molar-refractivity contribution in [1.82, 2.24) is 5.32 Å². The quantitative estimate of drug-likeness (QED) is 0.828. The summed E-state index contributed by atoms with van der Waals surface area (Å²) in [6.45, 7) is 5.53. The van der Waals surface area contributed by atoms with Crippen molar-refractivity contribution in [3.05, 3.63) is 23.2 Å². The normalized spacial score (nSPS) is 14.8. The van der Waals surface area contributed by atoms with Gasteiger partial charge < -0.3 is 15.5 Å². The van der Waals surface area contributed by atoms with Gasteiger partial charge in [-0.1, -0.05) is 11.6 Å². The molecule has 1 saturated heterocycles. The molecule has 0 aliphatic carbocycles. The maximum absolute atomic E-state index is 11.8. The average molecular weight is 342 g/mol. The van der Waals surface area contributed by atoms with Crippen LogP contribution in [0.2, 0.25) is 5.02 Å². The number of hydrogen-bond acceptors (Lipinski definition) is 4. The Morgan fingerprint density at radius 1 is 1.23 bits per heavy atom. The van der Waals surface area contributed by atoms with Crippen LogP contribution in [0.15, 0.2) is 18.2 Å². The minimum atomic E-state index is -0.688. The first kappa shape index (κ1) is 17.0. The van der Waals surface area contributed by atoms with Crippen molar-refractivity contribution in [3.63, 3.8) is 0 Å². The first-order valence-corrected chi connectivity index (χ1v) is 8.74. The molecule has 2 amide bonds. The molecular weight excluding hydrogens is 322 g/mol. The van der Waals surface area contributed by atoms with Gasteiger partial charge >= 0.3 is 11.8 Å². The highest BCUT2D eigenvalue weighted by molar-refractivity contribution is 7.99. The molecule has 1 aromatic rings. The average Bonchev–Trinajstić information content (AvgIpc) is 2.47. The van der Waals surface area contributed by atoms with Gasteiger partial charge in [-0.3, -0.25) is 9.59 Å². The van der Waals surface area contributed by atoms with E-state index in [1.807, 2.05) is 17.8 Å². The van der Waals surface area contributed by atoms with E-state index in [4.69, 9.17) is 11.6 Å². The molecule has 0 saturated carbocycles. The van der Waals surface area contributed by atoms with Crippen molar-refractivity contribution < 1.29 is 9.59 Å². The maximum Gasteiger partial charge on any atom is 0.313 e. The molecule has 1 fully saturated rings. The highest BCUT2D eigenvalue weighted by atomic mass is 35.5. The smallest absolute Gasteiger partial charge is 0.313 e. The first-order chi connectivity index (χ1) is 10.5. The van der Waals surface area contributed by atoms with Crippen LogP contribution in [-0.4, -0.2) is 42.5 Å². The second-order valence-corrected chi connectivity index (χ2v) is 6.98. The number of anilines is 2. The van der Waals surface area contributed by atoms with E-state index in [9.17, 15) is 9.59 Å². The van der Waals surface area contributed by atoms with Gasteiger partial charge in [0, 0.05) is 36.3 Å². The predicted molar refractivity (Wildman–Crippen MR) is 92.9 cm³/mol. The van der Waals surface area contributed by atoms with Gasteiger partial charge in [0.25, 0.3) is 0 Å². The van der Waals surface area contributed by atoms with E-state index in [1.54, 1.807) is 26.0 Å². The number of hydrogen-bond donors (Lipinski definition) is 2. The Balaban J connectivity index is 2.02. The van der Waals surface area contributed by atoms with Crippen LogP contribution in [0, 0.1) is 0 Å². The van der Waals surface area contributed by atoms with Gasteiger partial charge in [0.2, 0.25) is 0 Å². The summed E-state index contributed by atoms with van der Waals surface area (Å²) in [5.41, 5.74) is 1.48. The van der Waals surface area contributed by atoms with Gasteiger partial charge in [-0.25, -0.2) is 0 Å². The summed E-state index contributed by atoms with van der Waals surface area (Å²) in [5, 5.41) is 5.68. The summed E-state index contributed by atoms with van der Waals surface area (Å²) in [7, 11) is 0. The summed E-state index contributed by atoms with van der Waals surface area (Å²) in [4.78, 5) is 25.6. The lowest BCUT2D eigenvalue weighted by atomic mass is 10.2. The molecular formula is C15H20ClN3O2S. The lowest BCUT2D eigenvalue weighted by Gasteiger charge is -2.29. The molecule has 1 heterocycles. The minimum Gasteiger partial charge on any atom is -0.369 e. The summed E-state index contributed by atoms with van der Waals surface area (Å²) in [5.74, 6) is 0.837. The van der Waals surface area contributed by atoms with E-state index in [2.05, 4.69) is 15.5 Å². The lowest BCUT2D eigenvalue weighted by molar-refractivity contribution is -0.136. The zero-order valence-corrected chi connectivity index (χ0v) is 14.3. The number of carbonyl (C=O) groups excluding carboxylic acids is 2. The number of nitrogens with one attached hydrogen (secondary N) is 2. The van der Waals surface area contributed by atoms with Crippen LogP contribution < -0.4 is 15.5 Å². The number of rotatable bonds is 3. The van der Waals surface area contributed by atoms with Crippen molar-refractivity contribution in [3.8, 4) is 0 Å². The summed E-state index contributed by atoms with van der Waals surface area (Å²) >= 11 is 8.24. The van der Waals surface area contributed by atoms with Gasteiger partial charge in [-0.15, -0.1) is 0 Å². The van der Waals surface area contributed by atoms with Crippen molar-refractivity contribution >= 4 is 46.6 Å². The van der Waals surface area contributed by atoms with Crippen molar-refractivity contribution in [2.45, 2.75) is 19.9 Å². The fraction of sp³-hybridized carbons (Fsp3) is 0.467. The summed E-state index contributed by atoms with van der Waals surface area (Å²) < 4.78 is 0. The standard InChI is InChI=1S/C15H20ClN3O2S/c1-10(2)17-14(20)15(21)18-11-3-4-13(12(16)9-11)19-5-7-22-8-6-19/h3-4,9-10H,5-8H2,1-2H3,(H,17,20)(H,18,21). The SMILES string of the molecule is CC(C)NC(=O)C(=O)Nc1ccc(N2CCSCC2)c(Cl)c1. The molecule has 2 rings (SSSR count). The lowest BCUT2D eigenvalue weighted by Crippen LogP contribution is -2.39. The highest BCUT2D eigenvalue weighted by Crippen LogP contribution is 2.30. The van der Waals surface area contributed by atoms with E-state index >= 15 is 0 Å². The van der Waals surface area contributed by atoms with E-state index in [-0.39, 0.29) is 6.04 Å². The molecule has 5 nitrogen and oxygen atoms in total. The number of carbonyl (C=O) groups is 2. The Morgan fingerprint density at radius 2 is 1.91 bits per heavy atom. The second-order valence-electron chi connectivity index (χ2n) is 5.35. The molecule has 2 N–H and O–H groups in total. The van der Waals surface area contributed by atoms with E-state index in [0.717, 1.165) is 30.3 Å². The van der Waals surface area contributed by atoms with E-state index in [1.165, 1.54) is 0 Å². The Bertz CT molecular complexity index is 560. The van der Waals surface area contributed by atoms with Gasteiger partial charge in [-0.05, 0) is 32.0 Å². The topological polar surface area (TPSA) is 61.4 Å². The van der Waals surface area contributed by atoms with Crippen LogP contribution in [0.4, 0.5) is 11.4 Å². The van der Waals surface area contributed by atoms with Crippen molar-refractivity contribution in [1.29, 1.82) is 0 Å². The third kappa shape index (κ3) is 4.55. The molecule has 1 aliphatic rings. The van der Waals surface area contributed by atoms with Crippen LogP contribution in [0.25, 0.3) is 0 Å². The largest absolute Gasteiger partial charge is 0.369 e. The predicted octanol–water partition coefficient (Wildman–Crippen LogP) is 2.36. The van der Waals surface area contributed by atoms with Crippen LogP contribution in [-0.2, 0) is 9.59 Å². The molecule has 1 aliphatic heterocycles. The number of thioether (sulfide) groups is 1. The van der Waals surface area contributed by atoms with E-state index in [0.29, 0.717) is 10.7 Å². The second kappa shape index (κ2) is 7.74. The molecule has 22 heavy (non-hydrogen) atoms.